The molecule has 2 saturated heterocycles. The van der Waals surface area contributed by atoms with Gasteiger partial charge in [0, 0.05) is 44.6 Å². The van der Waals surface area contributed by atoms with Gasteiger partial charge < -0.3 is 4.74 Å². The molecular weight excluding hydrogens is 238 g/mol. The lowest BCUT2D eigenvalue weighted by molar-refractivity contribution is -0.0583. The van der Waals surface area contributed by atoms with E-state index in [4.69, 9.17) is 4.74 Å². The third-order valence-electron chi connectivity index (χ3n) is 4.24. The Hall–Kier alpha value is -0.970. The quantitative estimate of drug-likeness (QED) is 0.822. The first-order chi connectivity index (χ1) is 9.24. The van der Waals surface area contributed by atoms with Crippen molar-refractivity contribution in [2.45, 2.75) is 38.6 Å². The number of rotatable bonds is 3. The molecule has 4 nitrogen and oxygen atoms in total. The van der Waals surface area contributed by atoms with E-state index in [0.717, 1.165) is 32.8 Å². The summed E-state index contributed by atoms with van der Waals surface area (Å²) in [4.78, 5) is 9.18. The first kappa shape index (κ1) is 13.0. The summed E-state index contributed by atoms with van der Waals surface area (Å²) in [6, 6.07) is 5.37. The number of aromatic nitrogens is 1. The maximum Gasteiger partial charge on any atom is 0.0870 e. The van der Waals surface area contributed by atoms with E-state index < -0.39 is 0 Å². The van der Waals surface area contributed by atoms with Crippen LogP contribution < -0.4 is 0 Å². The normalized spacial score (nSPS) is 28.8. The molecule has 2 aliphatic rings. The van der Waals surface area contributed by atoms with Crippen molar-refractivity contribution in [1.29, 1.82) is 0 Å². The molecule has 0 aliphatic carbocycles. The minimum atomic E-state index is 0.387. The van der Waals surface area contributed by atoms with Crippen molar-refractivity contribution >= 4 is 0 Å². The van der Waals surface area contributed by atoms with Crippen LogP contribution in [0.25, 0.3) is 0 Å². The highest BCUT2D eigenvalue weighted by Crippen LogP contribution is 2.25. The molecule has 0 saturated carbocycles. The van der Waals surface area contributed by atoms with Crippen LogP contribution in [0.2, 0.25) is 0 Å². The van der Waals surface area contributed by atoms with E-state index in [1.807, 2.05) is 12.4 Å². The molecule has 0 radical (unpaired) electrons. The maximum atomic E-state index is 5.95. The molecule has 1 aromatic heterocycles. The van der Waals surface area contributed by atoms with E-state index in [2.05, 4.69) is 40.8 Å². The topological polar surface area (TPSA) is 28.6 Å². The molecule has 1 aromatic rings. The zero-order chi connectivity index (χ0) is 13.2. The van der Waals surface area contributed by atoms with Gasteiger partial charge in [-0.1, -0.05) is 0 Å². The standard InChI is InChI=1S/C15H23N3O/c1-12(2)18-7-8-19-15-11-17(10-14(15)18)9-13-3-5-16-6-4-13/h3-6,12,14-15H,7-11H2,1-2H3/t14-,15+/m1/s1. The number of pyridine rings is 1. The predicted octanol–water partition coefficient (Wildman–Crippen LogP) is 1.37. The summed E-state index contributed by atoms with van der Waals surface area (Å²) in [5, 5.41) is 0. The fourth-order valence-corrected chi connectivity index (χ4v) is 3.31. The fourth-order valence-electron chi connectivity index (χ4n) is 3.31. The summed E-state index contributed by atoms with van der Waals surface area (Å²) < 4.78 is 5.95. The second-order valence-electron chi connectivity index (χ2n) is 5.86. The van der Waals surface area contributed by atoms with E-state index >= 15 is 0 Å². The molecule has 104 valence electrons. The van der Waals surface area contributed by atoms with Crippen LogP contribution in [0.5, 0.6) is 0 Å². The first-order valence-electron chi connectivity index (χ1n) is 7.22. The van der Waals surface area contributed by atoms with Gasteiger partial charge in [0.25, 0.3) is 0 Å². The summed E-state index contributed by atoms with van der Waals surface area (Å²) in [6.45, 7) is 9.69. The van der Waals surface area contributed by atoms with Crippen LogP contribution in [0.4, 0.5) is 0 Å². The number of ether oxygens (including phenoxy) is 1. The molecule has 3 rings (SSSR count). The molecular formula is C15H23N3O. The summed E-state index contributed by atoms with van der Waals surface area (Å²) in [5.41, 5.74) is 1.34. The molecule has 0 aromatic carbocycles. The van der Waals surface area contributed by atoms with Crippen molar-refractivity contribution in [3.05, 3.63) is 30.1 Å². The Labute approximate surface area is 115 Å². The Morgan fingerprint density at radius 2 is 2.11 bits per heavy atom. The van der Waals surface area contributed by atoms with E-state index in [1.54, 1.807) is 0 Å². The van der Waals surface area contributed by atoms with Crippen LogP contribution >= 0.6 is 0 Å². The molecule has 0 amide bonds. The third-order valence-corrected chi connectivity index (χ3v) is 4.24. The fraction of sp³-hybridized carbons (Fsp3) is 0.667. The molecule has 0 unspecified atom stereocenters. The Morgan fingerprint density at radius 3 is 2.84 bits per heavy atom. The van der Waals surface area contributed by atoms with Gasteiger partial charge in [0.2, 0.25) is 0 Å². The number of likely N-dealkylation sites (tertiary alicyclic amines) is 1. The molecule has 4 heteroatoms. The summed E-state index contributed by atoms with van der Waals surface area (Å²) in [6.07, 6.45) is 4.13. The summed E-state index contributed by atoms with van der Waals surface area (Å²) in [7, 11) is 0. The van der Waals surface area contributed by atoms with Crippen LogP contribution in [-0.2, 0) is 11.3 Å². The van der Waals surface area contributed by atoms with Crippen LogP contribution in [-0.4, -0.2) is 59.2 Å². The maximum absolute atomic E-state index is 5.95. The molecule has 3 heterocycles. The number of fused-ring (bicyclic) bond motifs is 1. The SMILES string of the molecule is CC(C)N1CCO[C@H]2CN(Cc3ccncc3)C[C@H]21. The van der Waals surface area contributed by atoms with Crippen LogP contribution in [0.3, 0.4) is 0 Å². The molecule has 0 bridgehead atoms. The number of hydrogen-bond acceptors (Lipinski definition) is 4. The number of nitrogens with zero attached hydrogens (tertiary/aromatic N) is 3. The van der Waals surface area contributed by atoms with Crippen LogP contribution in [0.1, 0.15) is 19.4 Å². The molecule has 2 aliphatic heterocycles. The Bertz CT molecular complexity index is 409. The third kappa shape index (κ3) is 2.81. The van der Waals surface area contributed by atoms with Gasteiger partial charge >= 0.3 is 0 Å². The molecule has 0 N–H and O–H groups in total. The molecule has 2 fully saturated rings. The highest BCUT2D eigenvalue weighted by atomic mass is 16.5. The minimum Gasteiger partial charge on any atom is -0.374 e. The van der Waals surface area contributed by atoms with Crippen molar-refractivity contribution in [2.24, 2.45) is 0 Å². The average molecular weight is 261 g/mol. The van der Waals surface area contributed by atoms with Crippen molar-refractivity contribution in [1.82, 2.24) is 14.8 Å². The highest BCUT2D eigenvalue weighted by molar-refractivity contribution is 5.10. The highest BCUT2D eigenvalue weighted by Gasteiger charge is 2.40. The van der Waals surface area contributed by atoms with E-state index in [1.165, 1.54) is 5.56 Å². The first-order valence-corrected chi connectivity index (χ1v) is 7.22. The van der Waals surface area contributed by atoms with Crippen molar-refractivity contribution in [2.75, 3.05) is 26.2 Å². The van der Waals surface area contributed by atoms with Gasteiger partial charge in [-0.05, 0) is 31.5 Å². The number of morpholine rings is 1. The Kier molecular flexibility index (Phi) is 3.82. The second-order valence-corrected chi connectivity index (χ2v) is 5.86. The average Bonchev–Trinajstić information content (AvgIpc) is 2.81. The lowest BCUT2D eigenvalue weighted by atomic mass is 10.1. The van der Waals surface area contributed by atoms with Gasteiger partial charge in [-0.3, -0.25) is 14.8 Å². The van der Waals surface area contributed by atoms with Gasteiger partial charge in [-0.2, -0.15) is 0 Å². The van der Waals surface area contributed by atoms with E-state index in [0.29, 0.717) is 18.2 Å². The zero-order valence-electron chi connectivity index (χ0n) is 11.8. The second kappa shape index (κ2) is 5.57. The largest absolute Gasteiger partial charge is 0.374 e. The molecule has 0 spiro atoms. The Morgan fingerprint density at radius 1 is 1.32 bits per heavy atom. The van der Waals surface area contributed by atoms with Crippen molar-refractivity contribution < 1.29 is 4.74 Å². The minimum absolute atomic E-state index is 0.387. The van der Waals surface area contributed by atoms with Gasteiger partial charge in [-0.15, -0.1) is 0 Å². The lowest BCUT2D eigenvalue weighted by Crippen LogP contribution is -2.53. The lowest BCUT2D eigenvalue weighted by Gasteiger charge is -2.39. The van der Waals surface area contributed by atoms with Crippen molar-refractivity contribution in [3.63, 3.8) is 0 Å². The predicted molar refractivity (Wildman–Crippen MR) is 74.9 cm³/mol. The van der Waals surface area contributed by atoms with E-state index in [-0.39, 0.29) is 0 Å². The smallest absolute Gasteiger partial charge is 0.0870 e. The monoisotopic (exact) mass is 261 g/mol. The zero-order valence-corrected chi connectivity index (χ0v) is 11.8. The van der Waals surface area contributed by atoms with Crippen LogP contribution in [0, 0.1) is 0 Å². The summed E-state index contributed by atoms with van der Waals surface area (Å²) in [5.74, 6) is 0. The van der Waals surface area contributed by atoms with Gasteiger partial charge in [-0.25, -0.2) is 0 Å². The van der Waals surface area contributed by atoms with Gasteiger partial charge in [0.1, 0.15) is 0 Å². The van der Waals surface area contributed by atoms with Gasteiger partial charge in [0.15, 0.2) is 0 Å². The van der Waals surface area contributed by atoms with Crippen molar-refractivity contribution in [3.8, 4) is 0 Å². The van der Waals surface area contributed by atoms with E-state index in [9.17, 15) is 0 Å². The van der Waals surface area contributed by atoms with Gasteiger partial charge in [0.05, 0.1) is 18.8 Å². The molecule has 19 heavy (non-hydrogen) atoms. The number of hydrogen-bond donors (Lipinski definition) is 0. The molecule has 2 atom stereocenters. The summed E-state index contributed by atoms with van der Waals surface area (Å²) >= 11 is 0. The van der Waals surface area contributed by atoms with Crippen LogP contribution in [0.15, 0.2) is 24.5 Å². The Balaban J connectivity index is 1.65.